The largest absolute Gasteiger partial charge is 0.330 e. The van der Waals surface area contributed by atoms with Gasteiger partial charge in [0.15, 0.2) is 0 Å². The van der Waals surface area contributed by atoms with Crippen LogP contribution in [-0.4, -0.2) is 20.7 Å². The molecule has 0 saturated heterocycles. The molecule has 2 N–H and O–H groups in total. The average molecular weight is 302 g/mol. The average Bonchev–Trinajstić information content (AvgIpc) is 2.99. The lowest BCUT2D eigenvalue weighted by Gasteiger charge is -2.18. The number of hydrogen-bond acceptors (Lipinski definition) is 3. The molecular weight excluding hydrogens is 276 g/mol. The van der Waals surface area contributed by atoms with Gasteiger partial charge in [-0.25, -0.2) is 0 Å². The molecule has 2 aromatic rings. The van der Waals surface area contributed by atoms with Crippen LogP contribution in [-0.2, 0) is 13.0 Å². The van der Waals surface area contributed by atoms with Gasteiger partial charge in [-0.1, -0.05) is 19.3 Å². The smallest absolute Gasteiger partial charge is 0.274 e. The van der Waals surface area contributed by atoms with Crippen molar-refractivity contribution < 1.29 is 0 Å². The maximum Gasteiger partial charge on any atom is 0.274 e. The highest BCUT2D eigenvalue weighted by atomic mass is 16.1. The van der Waals surface area contributed by atoms with Crippen LogP contribution < -0.4 is 11.3 Å². The van der Waals surface area contributed by atoms with Crippen molar-refractivity contribution in [2.75, 3.05) is 6.54 Å². The Labute approximate surface area is 131 Å². The molecule has 2 heterocycles. The summed E-state index contributed by atoms with van der Waals surface area (Å²) in [6.45, 7) is 3.61. The standard InChI is InChI=1S/C17H26N4O/c1-2-20-14(9-6-10-18)11-17(22)21-16(20)12-15(19-21)13-7-4-3-5-8-13/h11-13H,2-10,18H2,1H3. The summed E-state index contributed by atoms with van der Waals surface area (Å²) in [5, 5.41) is 4.62. The van der Waals surface area contributed by atoms with E-state index in [9.17, 15) is 4.79 Å². The molecule has 0 amide bonds. The van der Waals surface area contributed by atoms with Gasteiger partial charge in [0, 0.05) is 30.3 Å². The minimum atomic E-state index is -0.0196. The summed E-state index contributed by atoms with van der Waals surface area (Å²) in [4.78, 5) is 12.4. The summed E-state index contributed by atoms with van der Waals surface area (Å²) in [6.07, 6.45) is 8.03. The van der Waals surface area contributed by atoms with Gasteiger partial charge in [-0.3, -0.25) is 4.79 Å². The van der Waals surface area contributed by atoms with Crippen molar-refractivity contribution in [3.63, 3.8) is 0 Å². The minimum Gasteiger partial charge on any atom is -0.330 e. The predicted molar refractivity (Wildman–Crippen MR) is 88.3 cm³/mol. The van der Waals surface area contributed by atoms with E-state index >= 15 is 0 Å². The third-order valence-electron chi connectivity index (χ3n) is 4.81. The van der Waals surface area contributed by atoms with Gasteiger partial charge in [0.2, 0.25) is 0 Å². The van der Waals surface area contributed by atoms with Gasteiger partial charge in [-0.2, -0.15) is 9.61 Å². The molecule has 1 aliphatic carbocycles. The van der Waals surface area contributed by atoms with Crippen LogP contribution >= 0.6 is 0 Å². The second-order valence-electron chi connectivity index (χ2n) is 6.28. The van der Waals surface area contributed by atoms with E-state index in [0.717, 1.165) is 36.4 Å². The maximum absolute atomic E-state index is 12.4. The van der Waals surface area contributed by atoms with Gasteiger partial charge in [0.1, 0.15) is 5.65 Å². The first kappa shape index (κ1) is 15.3. The van der Waals surface area contributed by atoms with Crippen molar-refractivity contribution >= 4 is 5.65 Å². The second kappa shape index (κ2) is 6.65. The zero-order valence-corrected chi connectivity index (χ0v) is 13.4. The Morgan fingerprint density at radius 2 is 2.05 bits per heavy atom. The summed E-state index contributed by atoms with van der Waals surface area (Å²) in [5.74, 6) is 0.519. The molecule has 3 rings (SSSR count). The summed E-state index contributed by atoms with van der Waals surface area (Å²) < 4.78 is 3.79. The number of fused-ring (bicyclic) bond motifs is 1. The summed E-state index contributed by atoms with van der Waals surface area (Å²) in [7, 11) is 0. The molecular formula is C17H26N4O. The molecule has 5 heteroatoms. The molecule has 0 radical (unpaired) electrons. The van der Waals surface area contributed by atoms with E-state index in [2.05, 4.69) is 22.7 Å². The van der Waals surface area contributed by atoms with Crippen molar-refractivity contribution in [3.05, 3.63) is 33.9 Å². The van der Waals surface area contributed by atoms with Gasteiger partial charge in [0.25, 0.3) is 5.56 Å². The Hall–Kier alpha value is -1.62. The van der Waals surface area contributed by atoms with Crippen LogP contribution in [0.3, 0.4) is 0 Å². The Morgan fingerprint density at radius 1 is 1.27 bits per heavy atom. The first-order valence-corrected chi connectivity index (χ1v) is 8.57. The van der Waals surface area contributed by atoms with E-state index in [4.69, 9.17) is 5.73 Å². The van der Waals surface area contributed by atoms with Crippen LogP contribution in [0.2, 0.25) is 0 Å². The molecule has 0 atom stereocenters. The number of nitrogens with two attached hydrogens (primary N) is 1. The zero-order valence-electron chi connectivity index (χ0n) is 13.4. The van der Waals surface area contributed by atoms with Crippen LogP contribution in [0.15, 0.2) is 16.9 Å². The van der Waals surface area contributed by atoms with E-state index in [1.165, 1.54) is 32.1 Å². The zero-order chi connectivity index (χ0) is 15.5. The number of hydrogen-bond donors (Lipinski definition) is 1. The van der Waals surface area contributed by atoms with Crippen molar-refractivity contribution in [1.82, 2.24) is 14.2 Å². The van der Waals surface area contributed by atoms with Crippen LogP contribution in [0.25, 0.3) is 5.65 Å². The third-order valence-corrected chi connectivity index (χ3v) is 4.81. The summed E-state index contributed by atoms with van der Waals surface area (Å²) in [5.41, 5.74) is 8.69. The molecule has 2 aromatic heterocycles. The number of rotatable bonds is 5. The van der Waals surface area contributed by atoms with E-state index in [-0.39, 0.29) is 5.56 Å². The van der Waals surface area contributed by atoms with E-state index < -0.39 is 0 Å². The Morgan fingerprint density at radius 3 is 2.73 bits per heavy atom. The van der Waals surface area contributed by atoms with E-state index in [1.54, 1.807) is 10.6 Å². The lowest BCUT2D eigenvalue weighted by atomic mass is 9.87. The fourth-order valence-electron chi connectivity index (χ4n) is 3.63. The Bertz CT molecular complexity index is 694. The molecule has 1 saturated carbocycles. The van der Waals surface area contributed by atoms with Crippen LogP contribution in [0, 0.1) is 0 Å². The number of aromatic nitrogens is 3. The quantitative estimate of drug-likeness (QED) is 0.922. The molecule has 1 aliphatic rings. The summed E-state index contributed by atoms with van der Waals surface area (Å²) in [6, 6.07) is 3.86. The lowest BCUT2D eigenvalue weighted by molar-refractivity contribution is 0.435. The molecule has 0 spiro atoms. The first-order chi connectivity index (χ1) is 10.7. The monoisotopic (exact) mass is 302 g/mol. The lowest BCUT2D eigenvalue weighted by Crippen LogP contribution is -2.21. The molecule has 0 bridgehead atoms. The van der Waals surface area contributed by atoms with Gasteiger partial charge >= 0.3 is 0 Å². The highest BCUT2D eigenvalue weighted by molar-refractivity contribution is 5.43. The molecule has 120 valence electrons. The van der Waals surface area contributed by atoms with Crippen molar-refractivity contribution in [2.45, 2.75) is 64.3 Å². The number of nitrogens with zero attached hydrogens (tertiary/aromatic N) is 3. The normalized spacial score (nSPS) is 16.5. The topological polar surface area (TPSA) is 65.3 Å². The fourth-order valence-corrected chi connectivity index (χ4v) is 3.63. The van der Waals surface area contributed by atoms with E-state index in [0.29, 0.717) is 12.5 Å². The fraction of sp³-hybridized carbons (Fsp3) is 0.647. The van der Waals surface area contributed by atoms with Crippen LogP contribution in [0.4, 0.5) is 0 Å². The van der Waals surface area contributed by atoms with Crippen molar-refractivity contribution in [2.24, 2.45) is 5.73 Å². The van der Waals surface area contributed by atoms with Crippen molar-refractivity contribution in [1.29, 1.82) is 0 Å². The molecule has 22 heavy (non-hydrogen) atoms. The highest BCUT2D eigenvalue weighted by Crippen LogP contribution is 2.32. The molecule has 0 aliphatic heterocycles. The second-order valence-corrected chi connectivity index (χ2v) is 6.28. The van der Waals surface area contributed by atoms with Gasteiger partial charge in [0.05, 0.1) is 5.69 Å². The first-order valence-electron chi connectivity index (χ1n) is 8.57. The van der Waals surface area contributed by atoms with Gasteiger partial charge < -0.3 is 10.3 Å². The maximum atomic E-state index is 12.4. The highest BCUT2D eigenvalue weighted by Gasteiger charge is 2.20. The molecule has 0 unspecified atom stereocenters. The van der Waals surface area contributed by atoms with Gasteiger partial charge in [-0.15, -0.1) is 0 Å². The predicted octanol–water partition coefficient (Wildman–Crippen LogP) is 2.45. The third kappa shape index (κ3) is 2.82. The van der Waals surface area contributed by atoms with Crippen molar-refractivity contribution in [3.8, 4) is 0 Å². The molecule has 0 aromatic carbocycles. The molecule has 1 fully saturated rings. The van der Waals surface area contributed by atoms with Crippen LogP contribution in [0.1, 0.15) is 62.8 Å². The minimum absolute atomic E-state index is 0.0196. The Kier molecular flexibility index (Phi) is 4.62. The van der Waals surface area contributed by atoms with E-state index in [1.807, 2.05) is 0 Å². The molecule has 5 nitrogen and oxygen atoms in total. The summed E-state index contributed by atoms with van der Waals surface area (Å²) >= 11 is 0. The van der Waals surface area contributed by atoms with Crippen LogP contribution in [0.5, 0.6) is 0 Å². The van der Waals surface area contributed by atoms with Gasteiger partial charge in [-0.05, 0) is 39.2 Å². The number of aryl methyl sites for hydroxylation is 2. The Balaban J connectivity index is 2.05. The SMILES string of the molecule is CCn1c(CCCN)cc(=O)n2nc(C3CCCCC3)cc12.